The molecule has 1 aromatic heterocycles. The lowest BCUT2D eigenvalue weighted by Crippen LogP contribution is -2.53. The van der Waals surface area contributed by atoms with Gasteiger partial charge in [-0.1, -0.05) is 6.92 Å². The van der Waals surface area contributed by atoms with Crippen molar-refractivity contribution in [3.05, 3.63) is 16.6 Å². The van der Waals surface area contributed by atoms with Crippen LogP contribution in [-0.4, -0.2) is 67.1 Å². The van der Waals surface area contributed by atoms with Gasteiger partial charge in [0.1, 0.15) is 0 Å². The second-order valence-electron chi connectivity index (χ2n) is 5.90. The number of likely N-dealkylation sites (N-methyl/N-ethyl adjacent to an activating group) is 2. The number of aromatic nitrogens is 1. The molecule has 0 spiro atoms. The van der Waals surface area contributed by atoms with E-state index in [0.29, 0.717) is 12.1 Å². The Morgan fingerprint density at radius 3 is 3.00 bits per heavy atom. The Morgan fingerprint density at radius 1 is 1.45 bits per heavy atom. The lowest BCUT2D eigenvalue weighted by atomic mass is 10.0. The van der Waals surface area contributed by atoms with Crippen molar-refractivity contribution < 1.29 is 0 Å². The Hall–Kier alpha value is -0.490. The van der Waals surface area contributed by atoms with Crippen LogP contribution in [0.3, 0.4) is 0 Å². The first-order chi connectivity index (χ1) is 9.70. The van der Waals surface area contributed by atoms with Crippen molar-refractivity contribution in [2.75, 3.05) is 40.3 Å². The Bertz CT molecular complexity index is 368. The van der Waals surface area contributed by atoms with Gasteiger partial charge >= 0.3 is 0 Å². The highest BCUT2D eigenvalue weighted by atomic mass is 32.1. The molecule has 0 bridgehead atoms. The predicted octanol–water partition coefficient (Wildman–Crippen LogP) is 1.69. The first-order valence-electron chi connectivity index (χ1n) is 7.70. The summed E-state index contributed by atoms with van der Waals surface area (Å²) < 4.78 is 0. The maximum Gasteiger partial charge on any atom is 0.0794 e. The van der Waals surface area contributed by atoms with Gasteiger partial charge in [0.15, 0.2) is 0 Å². The fourth-order valence-electron chi connectivity index (χ4n) is 2.97. The summed E-state index contributed by atoms with van der Waals surface area (Å²) in [4.78, 5) is 10.6. The molecule has 20 heavy (non-hydrogen) atoms. The van der Waals surface area contributed by atoms with Gasteiger partial charge in [-0.05, 0) is 46.6 Å². The number of rotatable bonds is 6. The number of thiazole rings is 1. The molecule has 5 heteroatoms. The molecule has 2 rings (SSSR count). The number of hydrogen-bond donors (Lipinski definition) is 1. The van der Waals surface area contributed by atoms with Crippen molar-refractivity contribution in [3.63, 3.8) is 0 Å². The van der Waals surface area contributed by atoms with Crippen molar-refractivity contribution in [2.45, 2.75) is 38.3 Å². The summed E-state index contributed by atoms with van der Waals surface area (Å²) in [6.07, 6.45) is 5.56. The average Bonchev–Trinajstić information content (AvgIpc) is 2.87. The molecule has 0 aromatic carbocycles. The monoisotopic (exact) mass is 296 g/mol. The van der Waals surface area contributed by atoms with E-state index in [2.05, 4.69) is 41.1 Å². The molecule has 4 nitrogen and oxygen atoms in total. The van der Waals surface area contributed by atoms with Crippen LogP contribution in [0.25, 0.3) is 0 Å². The molecule has 1 aromatic rings. The third-order valence-corrected chi connectivity index (χ3v) is 4.94. The van der Waals surface area contributed by atoms with E-state index < -0.39 is 0 Å². The fraction of sp³-hybridized carbons (Fsp3) is 0.800. The van der Waals surface area contributed by atoms with Crippen LogP contribution < -0.4 is 5.32 Å². The van der Waals surface area contributed by atoms with Crippen LogP contribution in [0.4, 0.5) is 0 Å². The Balaban J connectivity index is 2.06. The van der Waals surface area contributed by atoms with E-state index in [0.717, 1.165) is 19.5 Å². The quantitative estimate of drug-likeness (QED) is 0.866. The van der Waals surface area contributed by atoms with Gasteiger partial charge in [-0.25, -0.2) is 0 Å². The van der Waals surface area contributed by atoms with Crippen LogP contribution in [-0.2, 0) is 6.42 Å². The van der Waals surface area contributed by atoms with Crippen molar-refractivity contribution >= 4 is 11.3 Å². The van der Waals surface area contributed by atoms with Gasteiger partial charge in [0.25, 0.3) is 0 Å². The fourth-order valence-corrected chi connectivity index (χ4v) is 3.63. The van der Waals surface area contributed by atoms with Gasteiger partial charge in [-0.3, -0.25) is 4.98 Å². The van der Waals surface area contributed by atoms with Crippen LogP contribution in [0.15, 0.2) is 11.7 Å². The second-order valence-corrected chi connectivity index (χ2v) is 6.87. The molecule has 114 valence electrons. The highest BCUT2D eigenvalue weighted by Gasteiger charge is 2.28. The van der Waals surface area contributed by atoms with Gasteiger partial charge in [0, 0.05) is 36.1 Å². The number of nitrogens with zero attached hydrogens (tertiary/aromatic N) is 3. The average molecular weight is 296 g/mol. The standard InChI is InChI=1S/C15H28N4S/c1-4-6-17-14(9-13-10-16-12-20-13)15-11-18(2)7-5-8-19(15)3/h10,12,14-15,17H,4-9,11H2,1-3H3. The van der Waals surface area contributed by atoms with Gasteiger partial charge in [0.05, 0.1) is 5.51 Å². The molecular weight excluding hydrogens is 268 g/mol. The summed E-state index contributed by atoms with van der Waals surface area (Å²) in [5.41, 5.74) is 1.94. The van der Waals surface area contributed by atoms with E-state index in [9.17, 15) is 0 Å². The zero-order valence-electron chi connectivity index (χ0n) is 13.0. The van der Waals surface area contributed by atoms with E-state index in [-0.39, 0.29) is 0 Å². The van der Waals surface area contributed by atoms with Crippen LogP contribution in [0.2, 0.25) is 0 Å². The maximum absolute atomic E-state index is 4.22. The summed E-state index contributed by atoms with van der Waals surface area (Å²) in [5, 5.41) is 3.77. The summed E-state index contributed by atoms with van der Waals surface area (Å²) >= 11 is 1.77. The summed E-state index contributed by atoms with van der Waals surface area (Å²) in [7, 11) is 4.52. The third kappa shape index (κ3) is 4.52. The second kappa shape index (κ2) is 8.08. The molecule has 2 unspecified atom stereocenters. The van der Waals surface area contributed by atoms with Crippen molar-refractivity contribution in [3.8, 4) is 0 Å². The van der Waals surface area contributed by atoms with E-state index in [1.54, 1.807) is 11.3 Å². The molecule has 1 fully saturated rings. The van der Waals surface area contributed by atoms with E-state index in [1.165, 1.54) is 30.8 Å². The zero-order chi connectivity index (χ0) is 14.4. The number of nitrogens with one attached hydrogen (secondary N) is 1. The van der Waals surface area contributed by atoms with E-state index >= 15 is 0 Å². The van der Waals surface area contributed by atoms with Gasteiger partial charge in [-0.15, -0.1) is 11.3 Å². The molecule has 0 saturated carbocycles. The summed E-state index contributed by atoms with van der Waals surface area (Å²) in [6.45, 7) is 6.89. The molecule has 2 heterocycles. The summed E-state index contributed by atoms with van der Waals surface area (Å²) in [6, 6.07) is 1.09. The van der Waals surface area contributed by atoms with E-state index in [1.807, 2.05) is 11.7 Å². The molecule has 0 amide bonds. The lowest BCUT2D eigenvalue weighted by molar-refractivity contribution is 0.177. The third-order valence-electron chi connectivity index (χ3n) is 4.14. The van der Waals surface area contributed by atoms with Crippen LogP contribution in [0.5, 0.6) is 0 Å². The predicted molar refractivity (Wildman–Crippen MR) is 86.4 cm³/mol. The Labute approximate surface area is 127 Å². The minimum Gasteiger partial charge on any atom is -0.312 e. The summed E-state index contributed by atoms with van der Waals surface area (Å²) in [5.74, 6) is 0. The van der Waals surface area contributed by atoms with Gasteiger partial charge < -0.3 is 15.1 Å². The number of hydrogen-bond acceptors (Lipinski definition) is 5. The highest BCUT2D eigenvalue weighted by Crippen LogP contribution is 2.16. The van der Waals surface area contributed by atoms with Crippen molar-refractivity contribution in [2.24, 2.45) is 0 Å². The molecule has 0 radical (unpaired) electrons. The van der Waals surface area contributed by atoms with Gasteiger partial charge in [-0.2, -0.15) is 0 Å². The minimum atomic E-state index is 0.515. The molecule has 0 aliphatic carbocycles. The molecular formula is C15H28N4S. The van der Waals surface area contributed by atoms with Gasteiger partial charge in [0.2, 0.25) is 0 Å². The molecule has 1 aliphatic heterocycles. The normalized spacial score (nSPS) is 23.6. The largest absolute Gasteiger partial charge is 0.312 e. The van der Waals surface area contributed by atoms with E-state index in [4.69, 9.17) is 0 Å². The smallest absolute Gasteiger partial charge is 0.0794 e. The van der Waals surface area contributed by atoms with Crippen molar-refractivity contribution in [1.29, 1.82) is 0 Å². The van der Waals surface area contributed by atoms with Crippen LogP contribution >= 0.6 is 11.3 Å². The zero-order valence-corrected chi connectivity index (χ0v) is 13.8. The minimum absolute atomic E-state index is 0.515. The highest BCUT2D eigenvalue weighted by molar-refractivity contribution is 7.09. The SMILES string of the molecule is CCCNC(Cc1cncs1)C1CN(C)CCCN1C. The lowest BCUT2D eigenvalue weighted by Gasteiger charge is -2.35. The maximum atomic E-state index is 4.22. The van der Waals surface area contributed by atoms with Crippen LogP contribution in [0, 0.1) is 0 Å². The topological polar surface area (TPSA) is 31.4 Å². The molecule has 1 saturated heterocycles. The first kappa shape index (κ1) is 15.9. The molecule has 2 atom stereocenters. The molecule has 1 aliphatic rings. The Kier molecular flexibility index (Phi) is 6.42. The Morgan fingerprint density at radius 2 is 2.30 bits per heavy atom. The first-order valence-corrected chi connectivity index (χ1v) is 8.58. The van der Waals surface area contributed by atoms with Crippen molar-refractivity contribution in [1.82, 2.24) is 20.1 Å². The van der Waals surface area contributed by atoms with Crippen LogP contribution in [0.1, 0.15) is 24.6 Å². The molecule has 1 N–H and O–H groups in total.